The maximum atomic E-state index is 13.9. The van der Waals surface area contributed by atoms with E-state index in [1.165, 1.54) is 40.9 Å². The number of hydrogen-bond acceptors (Lipinski definition) is 2. The van der Waals surface area contributed by atoms with Gasteiger partial charge in [-0.05, 0) is 29.8 Å². The highest BCUT2D eigenvalue weighted by atomic mass is 32.2. The van der Waals surface area contributed by atoms with Gasteiger partial charge < -0.3 is 0 Å². The molecule has 1 heterocycles. The quantitative estimate of drug-likeness (QED) is 0.839. The van der Waals surface area contributed by atoms with E-state index < -0.39 is 22.8 Å². The highest BCUT2D eigenvalue weighted by Crippen LogP contribution is 2.42. The van der Waals surface area contributed by atoms with Crippen molar-refractivity contribution in [3.8, 4) is 0 Å². The summed E-state index contributed by atoms with van der Waals surface area (Å²) in [5, 5.41) is -0.565. The van der Waals surface area contributed by atoms with Crippen LogP contribution < -0.4 is 4.90 Å². The molecule has 0 unspecified atom stereocenters. The maximum absolute atomic E-state index is 13.9. The summed E-state index contributed by atoms with van der Waals surface area (Å²) in [5.74, 6) is -2.56. The van der Waals surface area contributed by atoms with Gasteiger partial charge in [0.1, 0.15) is 11.2 Å². The summed E-state index contributed by atoms with van der Waals surface area (Å²) in [7, 11) is 0. The first-order valence-corrected chi connectivity index (χ1v) is 7.26. The molecule has 2 nitrogen and oxygen atoms in total. The zero-order valence-corrected chi connectivity index (χ0v) is 11.5. The van der Waals surface area contributed by atoms with Crippen LogP contribution in [0, 0.1) is 17.5 Å². The Hall–Kier alpha value is -1.95. The second kappa shape index (κ2) is 5.44. The van der Waals surface area contributed by atoms with Crippen molar-refractivity contribution < 1.29 is 18.0 Å². The summed E-state index contributed by atoms with van der Waals surface area (Å²) >= 11 is 1.25. The lowest BCUT2D eigenvalue weighted by atomic mass is 10.1. The van der Waals surface area contributed by atoms with Gasteiger partial charge in [0, 0.05) is 0 Å². The van der Waals surface area contributed by atoms with Gasteiger partial charge in [0.05, 0.1) is 11.4 Å². The molecule has 2 aromatic rings. The van der Waals surface area contributed by atoms with Crippen LogP contribution in [0.2, 0.25) is 0 Å². The number of nitrogens with zero attached hydrogens (tertiary/aromatic N) is 1. The molecular weight excluding hydrogens is 299 g/mol. The first kappa shape index (κ1) is 14.0. The largest absolute Gasteiger partial charge is 0.292 e. The van der Waals surface area contributed by atoms with Gasteiger partial charge in [-0.25, -0.2) is 13.2 Å². The Morgan fingerprint density at radius 2 is 1.76 bits per heavy atom. The molecule has 1 amide bonds. The summed E-state index contributed by atoms with van der Waals surface area (Å²) in [5.41, 5.74) is 0.565. The Kier molecular flexibility index (Phi) is 3.63. The molecule has 1 atom stereocenters. The second-order valence-electron chi connectivity index (χ2n) is 4.55. The fourth-order valence-electron chi connectivity index (χ4n) is 2.24. The number of anilines is 1. The van der Waals surface area contributed by atoms with Crippen LogP contribution in [0.5, 0.6) is 0 Å². The fourth-order valence-corrected chi connectivity index (χ4v) is 3.40. The molecule has 1 aliphatic rings. The van der Waals surface area contributed by atoms with E-state index in [0.717, 1.165) is 12.1 Å². The first-order chi connectivity index (χ1) is 10.1. The van der Waals surface area contributed by atoms with Crippen LogP contribution in [0.15, 0.2) is 42.5 Å². The number of amides is 1. The van der Waals surface area contributed by atoms with Gasteiger partial charge in [0.15, 0.2) is 11.6 Å². The van der Waals surface area contributed by atoms with Crippen LogP contribution in [0.1, 0.15) is 10.9 Å². The Bertz CT molecular complexity index is 707. The Morgan fingerprint density at radius 3 is 2.48 bits per heavy atom. The van der Waals surface area contributed by atoms with Crippen LogP contribution in [-0.4, -0.2) is 11.7 Å². The zero-order valence-electron chi connectivity index (χ0n) is 10.7. The minimum absolute atomic E-state index is 0.141. The highest BCUT2D eigenvalue weighted by Gasteiger charge is 2.35. The third-order valence-corrected chi connectivity index (χ3v) is 4.42. The highest BCUT2D eigenvalue weighted by molar-refractivity contribution is 8.00. The molecule has 2 aromatic carbocycles. The third kappa shape index (κ3) is 2.51. The molecule has 108 valence electrons. The summed E-state index contributed by atoms with van der Waals surface area (Å²) in [4.78, 5) is 13.3. The predicted molar refractivity (Wildman–Crippen MR) is 75.4 cm³/mol. The standard InChI is InChI=1S/C15H10F3NOS/c16-10-6-5-9(7-12(10)18)15-19(14(20)8-21-15)13-4-2-1-3-11(13)17/h1-7,15H,8H2/t15-/m0/s1. The van der Waals surface area contributed by atoms with E-state index in [4.69, 9.17) is 0 Å². The van der Waals surface area contributed by atoms with E-state index in [1.54, 1.807) is 6.07 Å². The molecule has 0 spiro atoms. The minimum Gasteiger partial charge on any atom is -0.292 e. The normalized spacial score (nSPS) is 18.3. The Balaban J connectivity index is 2.03. The van der Waals surface area contributed by atoms with E-state index in [-0.39, 0.29) is 17.3 Å². The molecule has 21 heavy (non-hydrogen) atoms. The number of hydrogen-bond donors (Lipinski definition) is 0. The van der Waals surface area contributed by atoms with Crippen LogP contribution >= 0.6 is 11.8 Å². The number of halogens is 3. The number of carbonyl (C=O) groups is 1. The van der Waals surface area contributed by atoms with E-state index >= 15 is 0 Å². The van der Waals surface area contributed by atoms with Crippen molar-refractivity contribution in [1.82, 2.24) is 0 Å². The molecule has 0 N–H and O–H groups in total. The summed E-state index contributed by atoms with van der Waals surface area (Å²) in [6.07, 6.45) is 0. The molecule has 0 radical (unpaired) electrons. The van der Waals surface area contributed by atoms with Crippen LogP contribution in [0.3, 0.4) is 0 Å². The topological polar surface area (TPSA) is 20.3 Å². The van der Waals surface area contributed by atoms with Crippen molar-refractivity contribution >= 4 is 23.4 Å². The summed E-state index contributed by atoms with van der Waals surface area (Å²) in [6.45, 7) is 0. The monoisotopic (exact) mass is 309 g/mol. The van der Waals surface area contributed by atoms with Crippen LogP contribution in [0.25, 0.3) is 0 Å². The maximum Gasteiger partial charge on any atom is 0.238 e. The van der Waals surface area contributed by atoms with Crippen molar-refractivity contribution in [2.45, 2.75) is 5.37 Å². The van der Waals surface area contributed by atoms with E-state index in [9.17, 15) is 18.0 Å². The Morgan fingerprint density at radius 1 is 1.00 bits per heavy atom. The van der Waals surface area contributed by atoms with Crippen molar-refractivity contribution in [2.75, 3.05) is 10.7 Å². The SMILES string of the molecule is O=C1CS[C@@H](c2ccc(F)c(F)c2)N1c1ccccc1F. The van der Waals surface area contributed by atoms with Crippen molar-refractivity contribution in [1.29, 1.82) is 0 Å². The molecule has 6 heteroatoms. The van der Waals surface area contributed by atoms with Gasteiger partial charge in [-0.1, -0.05) is 18.2 Å². The van der Waals surface area contributed by atoms with Crippen molar-refractivity contribution in [2.24, 2.45) is 0 Å². The van der Waals surface area contributed by atoms with Gasteiger partial charge >= 0.3 is 0 Å². The Labute approximate surface area is 123 Å². The molecular formula is C15H10F3NOS. The van der Waals surface area contributed by atoms with Gasteiger partial charge in [0.25, 0.3) is 0 Å². The second-order valence-corrected chi connectivity index (χ2v) is 5.62. The molecule has 1 saturated heterocycles. The van der Waals surface area contributed by atoms with Crippen molar-refractivity contribution in [3.05, 3.63) is 65.5 Å². The number of thioether (sulfide) groups is 1. The minimum atomic E-state index is -0.985. The van der Waals surface area contributed by atoms with E-state index in [0.29, 0.717) is 5.56 Å². The molecule has 1 aliphatic heterocycles. The van der Waals surface area contributed by atoms with E-state index in [1.807, 2.05) is 0 Å². The number of carbonyl (C=O) groups excluding carboxylic acids is 1. The van der Waals surface area contributed by atoms with Gasteiger partial charge in [-0.15, -0.1) is 11.8 Å². The third-order valence-electron chi connectivity index (χ3n) is 3.21. The summed E-state index contributed by atoms with van der Waals surface area (Å²) < 4.78 is 40.3. The van der Waals surface area contributed by atoms with Gasteiger partial charge in [-0.2, -0.15) is 0 Å². The van der Waals surface area contributed by atoms with Gasteiger partial charge in [0.2, 0.25) is 5.91 Å². The average molecular weight is 309 g/mol. The number of benzene rings is 2. The lowest BCUT2D eigenvalue weighted by molar-refractivity contribution is -0.115. The lowest BCUT2D eigenvalue weighted by Crippen LogP contribution is -2.28. The number of rotatable bonds is 2. The molecule has 3 rings (SSSR count). The van der Waals surface area contributed by atoms with Crippen LogP contribution in [-0.2, 0) is 4.79 Å². The average Bonchev–Trinajstić information content (AvgIpc) is 2.84. The number of para-hydroxylation sites is 1. The molecule has 0 bridgehead atoms. The zero-order chi connectivity index (χ0) is 15.0. The smallest absolute Gasteiger partial charge is 0.238 e. The van der Waals surface area contributed by atoms with E-state index in [2.05, 4.69) is 0 Å². The summed E-state index contributed by atoms with van der Waals surface area (Å²) in [6, 6.07) is 9.35. The molecule has 0 aromatic heterocycles. The lowest BCUT2D eigenvalue weighted by Gasteiger charge is -2.24. The predicted octanol–water partition coefficient (Wildman–Crippen LogP) is 3.88. The van der Waals surface area contributed by atoms with Crippen LogP contribution in [0.4, 0.5) is 18.9 Å². The van der Waals surface area contributed by atoms with Gasteiger partial charge in [-0.3, -0.25) is 9.69 Å². The fraction of sp³-hybridized carbons (Fsp3) is 0.133. The first-order valence-electron chi connectivity index (χ1n) is 6.21. The molecule has 1 fully saturated rings. The molecule has 0 aliphatic carbocycles. The van der Waals surface area contributed by atoms with Crippen molar-refractivity contribution in [3.63, 3.8) is 0 Å². The molecule has 0 saturated carbocycles.